The van der Waals surface area contributed by atoms with Crippen LogP contribution >= 0.6 is 0 Å². The topological polar surface area (TPSA) is 80.6 Å². The fourth-order valence-corrected chi connectivity index (χ4v) is 0.943. The molecule has 0 aliphatic rings. The summed E-state index contributed by atoms with van der Waals surface area (Å²) < 4.78 is 0.844. The second kappa shape index (κ2) is 12.2. The van der Waals surface area contributed by atoms with Crippen LogP contribution in [0, 0.1) is 0 Å². The molecule has 19 heavy (non-hydrogen) atoms. The van der Waals surface area contributed by atoms with Gasteiger partial charge in [0.2, 0.25) is 0 Å². The minimum Gasteiger partial charge on any atom is -0.872 e. The molecule has 0 amide bonds. The molecule has 0 heterocycles. The van der Waals surface area contributed by atoms with E-state index < -0.39 is 11.7 Å². The van der Waals surface area contributed by atoms with E-state index in [2.05, 4.69) is 21.1 Å². The summed E-state index contributed by atoms with van der Waals surface area (Å²) >= 11 is 0. The molecule has 0 radical (unpaired) electrons. The number of nitrogens with zero attached hydrogens (tertiary/aromatic N) is 1. The summed E-state index contributed by atoms with van der Waals surface area (Å²) in [6, 6.07) is 5.54. The van der Waals surface area contributed by atoms with Gasteiger partial charge in [0.1, 0.15) is 6.54 Å². The molecule has 5 nitrogen and oxygen atoms in total. The number of rotatable bonds is 3. The van der Waals surface area contributed by atoms with Gasteiger partial charge in [-0.05, 0) is 6.07 Å². The maximum absolute atomic E-state index is 10.7. The Morgan fingerprint density at radius 1 is 1.26 bits per heavy atom. The quantitative estimate of drug-likeness (QED) is 0.267. The van der Waals surface area contributed by atoms with Gasteiger partial charge in [-0.1, -0.05) is 23.9 Å². The van der Waals surface area contributed by atoms with E-state index in [-0.39, 0.29) is 77.1 Å². The van der Waals surface area contributed by atoms with Crippen LogP contribution in [0.3, 0.4) is 0 Å². The maximum atomic E-state index is 10.7. The number of likely N-dealkylation sites (N-methyl/N-ethyl adjacent to an activating group) is 1. The molecule has 1 aromatic rings. The summed E-state index contributed by atoms with van der Waals surface area (Å²) in [6.07, 6.45) is 0. The van der Waals surface area contributed by atoms with Crippen LogP contribution < -0.4 is 56.5 Å². The number of para-hydroxylation sites is 1. The van der Waals surface area contributed by atoms with Gasteiger partial charge in [-0.3, -0.25) is 0 Å². The van der Waals surface area contributed by atoms with Crippen LogP contribution in [-0.2, 0) is 13.5 Å². The van der Waals surface area contributed by atoms with Gasteiger partial charge in [0, 0.05) is 0 Å². The van der Waals surface area contributed by atoms with E-state index in [0.29, 0.717) is 0 Å². The van der Waals surface area contributed by atoms with Crippen molar-refractivity contribution >= 4 is 19.5 Å². The first kappa shape index (κ1) is 24.4. The number of quaternary nitrogens is 1. The number of aliphatic hydroxyl groups is 1. The number of carbonyl (C=O) groups is 1. The summed E-state index contributed by atoms with van der Waals surface area (Å²) in [5.41, 5.74) is -0.178. The Bertz CT molecular complexity index is 369. The molecule has 0 aliphatic carbocycles. The summed E-state index contributed by atoms with van der Waals surface area (Å²) in [6.45, 7) is 1.11. The van der Waals surface area contributed by atoms with Gasteiger partial charge in [0.25, 0.3) is 0 Å². The second-order valence-corrected chi connectivity index (χ2v) is 4.54. The minimum absolute atomic E-state index is 0. The molecule has 2 N–H and O–H groups in total. The predicted octanol–water partition coefficient (Wildman–Crippen LogP) is -3.12. The van der Waals surface area contributed by atoms with Crippen molar-refractivity contribution in [3.05, 3.63) is 29.8 Å². The molecular weight excluding hydrogens is 293 g/mol. The second-order valence-electron chi connectivity index (χ2n) is 4.54. The van der Waals surface area contributed by atoms with E-state index in [9.17, 15) is 9.90 Å². The Morgan fingerprint density at radius 3 is 1.95 bits per heavy atom. The largest absolute Gasteiger partial charge is 1.00 e. The first-order chi connectivity index (χ1) is 7.78. The Labute approximate surface area is 163 Å². The first-order valence-corrected chi connectivity index (χ1v) is 5.18. The van der Waals surface area contributed by atoms with Crippen molar-refractivity contribution in [2.24, 2.45) is 0 Å². The fraction of sp³-hybridized carbons (Fsp3) is 0.417. The van der Waals surface area contributed by atoms with Crippen LogP contribution in [0.15, 0.2) is 24.3 Å². The van der Waals surface area contributed by atoms with Gasteiger partial charge < -0.3 is 33.3 Å². The first-order valence-electron chi connectivity index (χ1n) is 5.18. The molecule has 1 aromatic carbocycles. The van der Waals surface area contributed by atoms with E-state index in [0.717, 1.165) is 11.0 Å². The van der Waals surface area contributed by atoms with Crippen LogP contribution in [0.2, 0.25) is 0 Å². The molecule has 0 atom stereocenters. The smallest absolute Gasteiger partial charge is 0.872 e. The Morgan fingerprint density at radius 2 is 1.74 bits per heavy atom. The summed E-state index contributed by atoms with van der Waals surface area (Å²) in [5, 5.41) is 27.4. The zero-order valence-corrected chi connectivity index (χ0v) is 15.8. The van der Waals surface area contributed by atoms with Crippen molar-refractivity contribution in [3.8, 4) is 5.75 Å². The number of aromatic carboxylic acids is 1. The third-order valence-electron chi connectivity index (χ3n) is 1.89. The molecule has 0 unspecified atom stereocenters. The van der Waals surface area contributed by atoms with E-state index in [1.807, 2.05) is 0 Å². The monoisotopic (exact) mass is 313 g/mol. The molecule has 0 bridgehead atoms. The van der Waals surface area contributed by atoms with E-state index in [4.69, 9.17) is 10.2 Å². The molecular formula is C12H20KNO4S. The molecule has 0 aromatic heterocycles. The molecule has 104 valence electrons. The molecule has 0 spiro atoms. The van der Waals surface area contributed by atoms with E-state index in [1.54, 1.807) is 0 Å². The average molecular weight is 313 g/mol. The fourth-order valence-electron chi connectivity index (χ4n) is 0.943. The van der Waals surface area contributed by atoms with E-state index >= 15 is 0 Å². The van der Waals surface area contributed by atoms with Crippen LogP contribution in [-0.4, -0.2) is 55.0 Å². The number of hydrogen-bond donors (Lipinski definition) is 2. The number of benzene rings is 1. The van der Waals surface area contributed by atoms with Gasteiger partial charge >= 0.3 is 57.4 Å². The summed E-state index contributed by atoms with van der Waals surface area (Å²) in [7, 11) is 6.16. The molecule has 7 heteroatoms. The predicted molar refractivity (Wildman–Crippen MR) is 71.6 cm³/mol. The minimum atomic E-state index is -1.18. The zero-order chi connectivity index (χ0) is 13.5. The molecule has 1 rings (SSSR count). The number of aliphatic hydroxyl groups excluding tert-OH is 1. The van der Waals surface area contributed by atoms with Crippen molar-refractivity contribution in [1.82, 2.24) is 0 Å². The summed E-state index contributed by atoms with van der Waals surface area (Å²) in [5.74, 6) is -1.62. The van der Waals surface area contributed by atoms with Crippen molar-refractivity contribution in [3.63, 3.8) is 0 Å². The zero-order valence-electron chi connectivity index (χ0n) is 11.8. The third-order valence-corrected chi connectivity index (χ3v) is 1.89. The normalized spacial score (nSPS) is 9.26. The standard InChI is InChI=1S/C7H6O3.C5H14NO.K.H2S/c8-6-4-2-1-3-5(6)7(9)10;1-6(2,3)4-5-7;;/h1-4,8H,(H,9,10);7H,4-5H2,1-3H3;;1H2/q;2*+1;/p-2. The SMILES string of the molecule is C[N+](C)(C)CCO.O=C(O)c1ccccc1[O-].[K+].[SH-]. The number of hydrogen-bond acceptors (Lipinski definition) is 4. The van der Waals surface area contributed by atoms with Crippen molar-refractivity contribution in [2.45, 2.75) is 0 Å². The maximum Gasteiger partial charge on any atom is 1.00 e. The van der Waals surface area contributed by atoms with Crippen molar-refractivity contribution in [1.29, 1.82) is 0 Å². The third kappa shape index (κ3) is 13.1. The average Bonchev–Trinajstić information content (AvgIpc) is 2.16. The van der Waals surface area contributed by atoms with Crippen LogP contribution in [0.4, 0.5) is 0 Å². The van der Waals surface area contributed by atoms with Gasteiger partial charge in [0.15, 0.2) is 0 Å². The molecule has 0 aliphatic heterocycles. The Hall–Kier alpha value is 0.396. The van der Waals surface area contributed by atoms with Gasteiger partial charge in [-0.15, -0.1) is 0 Å². The Balaban J connectivity index is -0.000000258. The van der Waals surface area contributed by atoms with Crippen LogP contribution in [0.5, 0.6) is 5.75 Å². The number of carboxylic acids is 1. The van der Waals surface area contributed by atoms with Crippen LogP contribution in [0.1, 0.15) is 10.4 Å². The van der Waals surface area contributed by atoms with Gasteiger partial charge in [-0.25, -0.2) is 4.79 Å². The molecule has 0 saturated heterocycles. The van der Waals surface area contributed by atoms with Crippen LogP contribution in [0.25, 0.3) is 0 Å². The molecule has 0 saturated carbocycles. The van der Waals surface area contributed by atoms with Gasteiger partial charge in [-0.2, -0.15) is 0 Å². The van der Waals surface area contributed by atoms with Crippen molar-refractivity contribution in [2.75, 3.05) is 34.3 Å². The number of carboxylic acid groups (broad SMARTS) is 1. The van der Waals surface area contributed by atoms with E-state index in [1.165, 1.54) is 24.3 Å². The number of thiol groups is 1. The van der Waals surface area contributed by atoms with Crippen molar-refractivity contribution < 1.29 is 76.0 Å². The molecule has 0 fully saturated rings. The Kier molecular flexibility index (Phi) is 15.6. The van der Waals surface area contributed by atoms with Gasteiger partial charge in [0.05, 0.1) is 33.3 Å². The summed E-state index contributed by atoms with van der Waals surface area (Å²) in [4.78, 5) is 10.2.